The molecular formula is C17H24N2O2S2. The first-order chi connectivity index (χ1) is 11.2. The number of hydrogen-bond donors (Lipinski definition) is 2. The van der Waals surface area contributed by atoms with E-state index in [4.69, 9.17) is 5.11 Å². The first-order valence-corrected chi connectivity index (χ1v) is 9.94. The van der Waals surface area contributed by atoms with Gasteiger partial charge >= 0.3 is 0 Å². The monoisotopic (exact) mass is 352 g/mol. The molecule has 0 amide bonds. The van der Waals surface area contributed by atoms with Crippen molar-refractivity contribution in [1.82, 2.24) is 9.80 Å². The molecule has 0 bridgehead atoms. The number of β-amino-alcohol motifs (C(OH)–C–C–N with tert-alkyl or cyclic N) is 1. The molecule has 0 atom stereocenters. The largest absolute Gasteiger partial charge is 0.395 e. The van der Waals surface area contributed by atoms with Crippen LogP contribution in [-0.2, 0) is 5.60 Å². The number of aliphatic hydroxyl groups is 2. The van der Waals surface area contributed by atoms with Crippen LogP contribution in [0.4, 0.5) is 0 Å². The molecular weight excluding hydrogens is 328 g/mol. The van der Waals surface area contributed by atoms with Crippen LogP contribution in [-0.4, -0.2) is 65.9 Å². The Hall–Kier alpha value is -0.760. The van der Waals surface area contributed by atoms with E-state index in [1.807, 2.05) is 22.9 Å². The average Bonchev–Trinajstić information content (AvgIpc) is 3.28. The normalized spacial score (nSPS) is 17.7. The predicted octanol–water partition coefficient (Wildman–Crippen LogP) is 2.05. The molecule has 0 radical (unpaired) electrons. The summed E-state index contributed by atoms with van der Waals surface area (Å²) in [4.78, 5) is 4.71. The number of rotatable bonds is 7. The van der Waals surface area contributed by atoms with Crippen molar-refractivity contribution in [2.24, 2.45) is 0 Å². The van der Waals surface area contributed by atoms with Gasteiger partial charge in [0.05, 0.1) is 6.61 Å². The van der Waals surface area contributed by atoms with Crippen LogP contribution in [0.1, 0.15) is 17.5 Å². The Morgan fingerprint density at radius 1 is 0.913 bits per heavy atom. The van der Waals surface area contributed by atoms with E-state index in [0.29, 0.717) is 6.42 Å². The zero-order valence-electron chi connectivity index (χ0n) is 13.2. The lowest BCUT2D eigenvalue weighted by atomic mass is 9.86. The van der Waals surface area contributed by atoms with Gasteiger partial charge in [-0.15, -0.1) is 0 Å². The highest BCUT2D eigenvalue weighted by Gasteiger charge is 2.33. The highest BCUT2D eigenvalue weighted by atomic mass is 32.1. The molecule has 0 unspecified atom stereocenters. The van der Waals surface area contributed by atoms with Gasteiger partial charge in [0.1, 0.15) is 5.60 Å². The molecule has 126 valence electrons. The second kappa shape index (κ2) is 7.88. The molecule has 2 N–H and O–H groups in total. The van der Waals surface area contributed by atoms with Crippen LogP contribution in [0, 0.1) is 0 Å². The van der Waals surface area contributed by atoms with Crippen molar-refractivity contribution in [3.63, 3.8) is 0 Å². The summed E-state index contributed by atoms with van der Waals surface area (Å²) in [6, 6.07) is 4.06. The third-order valence-corrected chi connectivity index (χ3v) is 6.03. The van der Waals surface area contributed by atoms with Crippen LogP contribution in [0.5, 0.6) is 0 Å². The topological polar surface area (TPSA) is 46.9 Å². The van der Waals surface area contributed by atoms with Crippen molar-refractivity contribution in [1.29, 1.82) is 0 Å². The molecule has 0 spiro atoms. The zero-order chi connectivity index (χ0) is 16.1. The molecule has 2 aromatic heterocycles. The predicted molar refractivity (Wildman–Crippen MR) is 96.2 cm³/mol. The van der Waals surface area contributed by atoms with Crippen LogP contribution in [0.15, 0.2) is 33.7 Å². The number of piperazine rings is 1. The lowest BCUT2D eigenvalue weighted by Crippen LogP contribution is -2.48. The number of hydrogen-bond acceptors (Lipinski definition) is 6. The standard InChI is InChI=1S/C17H24N2O2S2/c20-10-9-19-7-5-18(6-8-19)4-3-17(21,15-1-11-22-13-15)16-2-12-23-14-16/h1-2,11-14,20-21H,3-10H2. The van der Waals surface area contributed by atoms with Crippen molar-refractivity contribution < 1.29 is 10.2 Å². The molecule has 0 aliphatic carbocycles. The number of nitrogens with zero attached hydrogens (tertiary/aromatic N) is 2. The van der Waals surface area contributed by atoms with E-state index in [9.17, 15) is 5.11 Å². The molecule has 6 heteroatoms. The van der Waals surface area contributed by atoms with Gasteiger partial charge < -0.3 is 15.1 Å². The summed E-state index contributed by atoms with van der Waals surface area (Å²) >= 11 is 3.26. The fourth-order valence-electron chi connectivity index (χ4n) is 3.15. The molecule has 0 saturated carbocycles. The van der Waals surface area contributed by atoms with Gasteiger partial charge in [-0.1, -0.05) is 0 Å². The quantitative estimate of drug-likeness (QED) is 0.801. The summed E-state index contributed by atoms with van der Waals surface area (Å²) in [5.41, 5.74) is 1.11. The maximum absolute atomic E-state index is 11.3. The van der Waals surface area contributed by atoms with E-state index >= 15 is 0 Å². The van der Waals surface area contributed by atoms with E-state index in [0.717, 1.165) is 50.4 Å². The van der Waals surface area contributed by atoms with Crippen LogP contribution in [0.2, 0.25) is 0 Å². The molecule has 0 aromatic carbocycles. The molecule has 4 nitrogen and oxygen atoms in total. The fraction of sp³-hybridized carbons (Fsp3) is 0.529. The minimum absolute atomic E-state index is 0.232. The van der Waals surface area contributed by atoms with E-state index in [1.165, 1.54) is 0 Å². The highest BCUT2D eigenvalue weighted by molar-refractivity contribution is 7.08. The maximum Gasteiger partial charge on any atom is 0.117 e. The van der Waals surface area contributed by atoms with E-state index in [2.05, 4.69) is 20.6 Å². The molecule has 1 saturated heterocycles. The molecule has 3 heterocycles. The third-order valence-electron chi connectivity index (χ3n) is 4.67. The van der Waals surface area contributed by atoms with Gasteiger partial charge in [0.25, 0.3) is 0 Å². The lowest BCUT2D eigenvalue weighted by Gasteiger charge is -2.36. The third kappa shape index (κ3) is 4.02. The Bertz CT molecular complexity index is 529. The van der Waals surface area contributed by atoms with Crippen molar-refractivity contribution >= 4 is 22.7 Å². The van der Waals surface area contributed by atoms with Crippen LogP contribution < -0.4 is 0 Å². The molecule has 3 rings (SSSR count). The smallest absolute Gasteiger partial charge is 0.117 e. The minimum atomic E-state index is -0.887. The van der Waals surface area contributed by atoms with Gasteiger partial charge in [-0.3, -0.25) is 4.90 Å². The number of thiophene rings is 2. The van der Waals surface area contributed by atoms with Gasteiger partial charge in [0.15, 0.2) is 0 Å². The summed E-state index contributed by atoms with van der Waals surface area (Å²) in [6.45, 7) is 5.88. The summed E-state index contributed by atoms with van der Waals surface area (Å²) in [7, 11) is 0. The molecule has 23 heavy (non-hydrogen) atoms. The lowest BCUT2D eigenvalue weighted by molar-refractivity contribution is 0.0459. The summed E-state index contributed by atoms with van der Waals surface area (Å²) < 4.78 is 0. The van der Waals surface area contributed by atoms with E-state index in [1.54, 1.807) is 22.7 Å². The zero-order valence-corrected chi connectivity index (χ0v) is 14.9. The van der Waals surface area contributed by atoms with Gasteiger partial charge in [-0.25, -0.2) is 0 Å². The highest BCUT2D eigenvalue weighted by Crippen LogP contribution is 2.35. The van der Waals surface area contributed by atoms with E-state index in [-0.39, 0.29) is 6.61 Å². The molecule has 1 aliphatic heterocycles. The average molecular weight is 353 g/mol. The maximum atomic E-state index is 11.3. The van der Waals surface area contributed by atoms with Crippen LogP contribution >= 0.6 is 22.7 Å². The van der Waals surface area contributed by atoms with Crippen molar-refractivity contribution in [2.45, 2.75) is 12.0 Å². The van der Waals surface area contributed by atoms with Crippen molar-refractivity contribution in [3.05, 3.63) is 44.8 Å². The van der Waals surface area contributed by atoms with Crippen molar-refractivity contribution in [2.75, 3.05) is 45.9 Å². The molecule has 1 aliphatic rings. The second-order valence-corrected chi connectivity index (χ2v) is 7.60. The number of aliphatic hydroxyl groups excluding tert-OH is 1. The van der Waals surface area contributed by atoms with Gasteiger partial charge in [-0.05, 0) is 51.2 Å². The summed E-state index contributed by atoms with van der Waals surface area (Å²) in [6.07, 6.45) is 0.709. The summed E-state index contributed by atoms with van der Waals surface area (Å²) in [5.74, 6) is 0. The van der Waals surface area contributed by atoms with Crippen LogP contribution in [0.25, 0.3) is 0 Å². The Morgan fingerprint density at radius 2 is 1.43 bits per heavy atom. The molecule has 1 fully saturated rings. The van der Waals surface area contributed by atoms with Gasteiger partial charge in [0, 0.05) is 39.3 Å². The fourth-order valence-corrected chi connectivity index (χ4v) is 4.60. The Kier molecular flexibility index (Phi) is 5.85. The van der Waals surface area contributed by atoms with Gasteiger partial charge in [0.2, 0.25) is 0 Å². The Balaban J connectivity index is 1.62. The minimum Gasteiger partial charge on any atom is -0.395 e. The Morgan fingerprint density at radius 3 is 1.87 bits per heavy atom. The SMILES string of the molecule is OCCN1CCN(CCC(O)(c2ccsc2)c2ccsc2)CC1. The van der Waals surface area contributed by atoms with Crippen molar-refractivity contribution in [3.8, 4) is 0 Å². The second-order valence-electron chi connectivity index (χ2n) is 6.04. The molecule has 2 aromatic rings. The first kappa shape index (κ1) is 17.1. The van der Waals surface area contributed by atoms with Crippen LogP contribution in [0.3, 0.4) is 0 Å². The van der Waals surface area contributed by atoms with Gasteiger partial charge in [-0.2, -0.15) is 22.7 Å². The summed E-state index contributed by atoms with van der Waals surface area (Å²) in [5, 5.41) is 28.5. The van der Waals surface area contributed by atoms with E-state index < -0.39 is 5.60 Å². The Labute approximate surface area is 145 Å². The first-order valence-electron chi connectivity index (χ1n) is 8.05.